The molecule has 6 nitrogen and oxygen atoms in total. The van der Waals surface area contributed by atoms with Gasteiger partial charge in [0.25, 0.3) is 5.91 Å². The highest BCUT2D eigenvalue weighted by Crippen LogP contribution is 2.14. The molecular formula is C17H16N4O2. The van der Waals surface area contributed by atoms with E-state index in [1.54, 1.807) is 30.9 Å². The molecule has 1 N–H and O–H groups in total. The van der Waals surface area contributed by atoms with Crippen LogP contribution in [0.5, 0.6) is 5.88 Å². The minimum Gasteiger partial charge on any atom is -0.480 e. The van der Waals surface area contributed by atoms with E-state index in [1.165, 1.54) is 7.11 Å². The van der Waals surface area contributed by atoms with Crippen molar-refractivity contribution in [2.24, 2.45) is 0 Å². The lowest BCUT2D eigenvalue weighted by molar-refractivity contribution is 0.0947. The molecule has 6 heteroatoms. The maximum Gasteiger partial charge on any atom is 0.257 e. The molecule has 0 bridgehead atoms. The Morgan fingerprint density at radius 3 is 2.74 bits per heavy atom. The van der Waals surface area contributed by atoms with Gasteiger partial charge in [-0.25, -0.2) is 9.97 Å². The van der Waals surface area contributed by atoms with Gasteiger partial charge < -0.3 is 14.6 Å². The predicted molar refractivity (Wildman–Crippen MR) is 85.5 cm³/mol. The second kappa shape index (κ2) is 6.74. The molecular weight excluding hydrogens is 292 g/mol. The smallest absolute Gasteiger partial charge is 0.257 e. The van der Waals surface area contributed by atoms with Crippen molar-refractivity contribution in [1.82, 2.24) is 19.9 Å². The average Bonchev–Trinajstić information content (AvgIpc) is 3.14. The molecule has 0 atom stereocenters. The first-order chi connectivity index (χ1) is 11.3. The molecule has 23 heavy (non-hydrogen) atoms. The highest BCUT2D eigenvalue weighted by molar-refractivity contribution is 5.96. The number of imidazole rings is 1. The molecule has 1 aromatic carbocycles. The standard InChI is InChI=1S/C17H16N4O2/c1-23-17-15(3-2-8-19-17)16(22)20-11-13-4-6-14(7-5-13)21-10-9-18-12-21/h2-10,12H,11H2,1H3,(H,20,22). The Labute approximate surface area is 133 Å². The third-order valence-corrected chi connectivity index (χ3v) is 3.40. The molecule has 0 aliphatic rings. The lowest BCUT2D eigenvalue weighted by atomic mass is 10.2. The van der Waals surface area contributed by atoms with Crippen molar-refractivity contribution in [3.8, 4) is 11.6 Å². The van der Waals surface area contributed by atoms with E-state index in [0.29, 0.717) is 18.0 Å². The molecule has 0 aliphatic carbocycles. The summed E-state index contributed by atoms with van der Waals surface area (Å²) in [4.78, 5) is 20.2. The monoisotopic (exact) mass is 308 g/mol. The number of hydrogen-bond donors (Lipinski definition) is 1. The lowest BCUT2D eigenvalue weighted by Gasteiger charge is -2.09. The number of nitrogens with one attached hydrogen (secondary N) is 1. The van der Waals surface area contributed by atoms with E-state index < -0.39 is 0 Å². The molecule has 3 rings (SSSR count). The molecule has 2 heterocycles. The number of hydrogen-bond acceptors (Lipinski definition) is 4. The van der Waals surface area contributed by atoms with Gasteiger partial charge in [-0.05, 0) is 29.8 Å². The van der Waals surface area contributed by atoms with Crippen molar-refractivity contribution < 1.29 is 9.53 Å². The van der Waals surface area contributed by atoms with Crippen molar-refractivity contribution >= 4 is 5.91 Å². The zero-order chi connectivity index (χ0) is 16.1. The van der Waals surface area contributed by atoms with E-state index >= 15 is 0 Å². The first-order valence-corrected chi connectivity index (χ1v) is 7.12. The van der Waals surface area contributed by atoms with Gasteiger partial charge >= 0.3 is 0 Å². The predicted octanol–water partition coefficient (Wildman–Crippen LogP) is 2.21. The summed E-state index contributed by atoms with van der Waals surface area (Å²) in [7, 11) is 1.49. The SMILES string of the molecule is COc1ncccc1C(=O)NCc1ccc(-n2ccnc2)cc1. The van der Waals surface area contributed by atoms with E-state index in [9.17, 15) is 4.79 Å². The number of nitrogens with zero attached hydrogens (tertiary/aromatic N) is 3. The average molecular weight is 308 g/mol. The Bertz CT molecular complexity index is 783. The highest BCUT2D eigenvalue weighted by Gasteiger charge is 2.12. The normalized spacial score (nSPS) is 10.3. The van der Waals surface area contributed by atoms with Crippen molar-refractivity contribution in [2.75, 3.05) is 7.11 Å². The van der Waals surface area contributed by atoms with Gasteiger partial charge in [0.15, 0.2) is 0 Å². The zero-order valence-corrected chi connectivity index (χ0v) is 12.6. The number of ether oxygens (including phenoxy) is 1. The van der Waals surface area contributed by atoms with Crippen LogP contribution in [0.3, 0.4) is 0 Å². The van der Waals surface area contributed by atoms with Crippen molar-refractivity contribution in [3.63, 3.8) is 0 Å². The lowest BCUT2D eigenvalue weighted by Crippen LogP contribution is -2.23. The fourth-order valence-electron chi connectivity index (χ4n) is 2.20. The third kappa shape index (κ3) is 3.37. The highest BCUT2D eigenvalue weighted by atomic mass is 16.5. The van der Waals surface area contributed by atoms with Gasteiger partial charge in [-0.2, -0.15) is 0 Å². The van der Waals surface area contributed by atoms with Crippen LogP contribution in [0.4, 0.5) is 0 Å². The molecule has 1 amide bonds. The van der Waals surface area contributed by atoms with E-state index in [4.69, 9.17) is 4.74 Å². The van der Waals surface area contributed by atoms with Crippen LogP contribution in [-0.4, -0.2) is 27.6 Å². The van der Waals surface area contributed by atoms with E-state index in [1.807, 2.05) is 35.0 Å². The first-order valence-electron chi connectivity index (χ1n) is 7.12. The Morgan fingerprint density at radius 1 is 1.22 bits per heavy atom. The molecule has 116 valence electrons. The van der Waals surface area contributed by atoms with Crippen LogP contribution in [0.2, 0.25) is 0 Å². The van der Waals surface area contributed by atoms with Crippen LogP contribution in [0, 0.1) is 0 Å². The number of rotatable bonds is 5. The Kier molecular flexibility index (Phi) is 4.33. The van der Waals surface area contributed by atoms with Crippen LogP contribution in [0.25, 0.3) is 5.69 Å². The van der Waals surface area contributed by atoms with Gasteiger partial charge in [0, 0.05) is 30.8 Å². The summed E-state index contributed by atoms with van der Waals surface area (Å²) >= 11 is 0. The quantitative estimate of drug-likeness (QED) is 0.784. The summed E-state index contributed by atoms with van der Waals surface area (Å²) in [5, 5.41) is 2.87. The molecule has 0 aliphatic heterocycles. The zero-order valence-electron chi connectivity index (χ0n) is 12.6. The number of pyridine rings is 1. The van der Waals surface area contributed by atoms with Crippen LogP contribution in [0.15, 0.2) is 61.3 Å². The number of aromatic nitrogens is 3. The maximum absolute atomic E-state index is 12.2. The summed E-state index contributed by atoms with van der Waals surface area (Å²) in [5.41, 5.74) is 2.45. The minimum atomic E-state index is -0.214. The van der Waals surface area contributed by atoms with Gasteiger partial charge in [0.1, 0.15) is 5.56 Å². The Hall–Kier alpha value is -3.15. The Balaban J connectivity index is 1.65. The second-order valence-corrected chi connectivity index (χ2v) is 4.88. The van der Waals surface area contributed by atoms with E-state index in [0.717, 1.165) is 11.3 Å². The van der Waals surface area contributed by atoms with Crippen LogP contribution in [0.1, 0.15) is 15.9 Å². The second-order valence-electron chi connectivity index (χ2n) is 4.88. The Morgan fingerprint density at radius 2 is 2.04 bits per heavy atom. The number of amides is 1. The fourth-order valence-corrected chi connectivity index (χ4v) is 2.20. The summed E-state index contributed by atoms with van der Waals surface area (Å²) in [6, 6.07) is 11.3. The first kappa shape index (κ1) is 14.8. The van der Waals surface area contributed by atoms with Gasteiger partial charge in [0.2, 0.25) is 5.88 Å². The third-order valence-electron chi connectivity index (χ3n) is 3.40. The van der Waals surface area contributed by atoms with Crippen molar-refractivity contribution in [1.29, 1.82) is 0 Å². The molecule has 0 radical (unpaired) electrons. The maximum atomic E-state index is 12.2. The van der Waals surface area contributed by atoms with Crippen molar-refractivity contribution in [3.05, 3.63) is 72.4 Å². The summed E-state index contributed by atoms with van der Waals surface area (Å²) in [6.45, 7) is 0.432. The number of carbonyl (C=O) groups is 1. The molecule has 0 saturated carbocycles. The van der Waals surface area contributed by atoms with E-state index in [-0.39, 0.29) is 5.91 Å². The number of benzene rings is 1. The largest absolute Gasteiger partial charge is 0.480 e. The summed E-state index contributed by atoms with van der Waals surface area (Å²) in [5.74, 6) is 0.106. The number of methoxy groups -OCH3 is 1. The van der Waals surface area contributed by atoms with E-state index in [2.05, 4.69) is 15.3 Å². The molecule has 0 spiro atoms. The van der Waals surface area contributed by atoms with Crippen molar-refractivity contribution in [2.45, 2.75) is 6.54 Å². The summed E-state index contributed by atoms with van der Waals surface area (Å²) < 4.78 is 7.01. The fraction of sp³-hybridized carbons (Fsp3) is 0.118. The van der Waals surface area contributed by atoms with Gasteiger partial charge in [-0.3, -0.25) is 4.79 Å². The topological polar surface area (TPSA) is 69.0 Å². The summed E-state index contributed by atoms with van der Waals surface area (Å²) in [6.07, 6.45) is 6.94. The van der Waals surface area contributed by atoms with Gasteiger partial charge in [-0.15, -0.1) is 0 Å². The van der Waals surface area contributed by atoms with Gasteiger partial charge in [0.05, 0.1) is 13.4 Å². The van der Waals surface area contributed by atoms with Crippen LogP contribution in [-0.2, 0) is 6.54 Å². The van der Waals surface area contributed by atoms with Gasteiger partial charge in [-0.1, -0.05) is 12.1 Å². The van der Waals surface area contributed by atoms with Crippen LogP contribution < -0.4 is 10.1 Å². The molecule has 0 unspecified atom stereocenters. The minimum absolute atomic E-state index is 0.214. The number of carbonyl (C=O) groups excluding carboxylic acids is 1. The van der Waals surface area contributed by atoms with Crippen LogP contribution >= 0.6 is 0 Å². The molecule has 0 saturated heterocycles. The molecule has 3 aromatic rings. The molecule has 0 fully saturated rings. The molecule has 2 aromatic heterocycles.